The molecule has 0 saturated carbocycles. The van der Waals surface area contributed by atoms with Crippen LogP contribution in [0.15, 0.2) is 12.1 Å². The van der Waals surface area contributed by atoms with E-state index in [1.807, 2.05) is 19.9 Å². The molecule has 0 bridgehead atoms. The smallest absolute Gasteiger partial charge is 0.186 e. The Labute approximate surface area is 146 Å². The molecular weight excluding hydrogens is 324 g/mol. The standard InChI is InChI=1S/C20H21ClO3/c1-3-23-15-9-13-11-7-5-6-8-12(11)17-18(20(22)19(17)21)14(13)10-16(15)24-4-2/h9-10,19H,3-8H2,1-2H3. The molecule has 24 heavy (non-hydrogen) atoms. The second-order valence-electron chi connectivity index (χ2n) is 6.39. The summed E-state index contributed by atoms with van der Waals surface area (Å²) in [4.78, 5) is 12.4. The van der Waals surface area contributed by atoms with Crippen LogP contribution in [-0.4, -0.2) is 19.0 Å². The van der Waals surface area contributed by atoms with Crippen LogP contribution in [0.4, 0.5) is 0 Å². The number of ketones is 1. The van der Waals surface area contributed by atoms with Gasteiger partial charge < -0.3 is 9.47 Å². The van der Waals surface area contributed by atoms with Crippen molar-refractivity contribution in [1.82, 2.24) is 0 Å². The molecule has 0 N–H and O–H groups in total. The van der Waals surface area contributed by atoms with Gasteiger partial charge in [0.2, 0.25) is 0 Å². The SMILES string of the molecule is CCOc1cc2c3c(c4c(c2cc1OCC)C(=O)C4Cl)CCCC3. The maximum Gasteiger partial charge on any atom is 0.186 e. The Morgan fingerprint density at radius 2 is 1.58 bits per heavy atom. The first-order chi connectivity index (χ1) is 11.7. The number of carbonyl (C=O) groups is 1. The summed E-state index contributed by atoms with van der Waals surface area (Å²) in [7, 11) is 0. The minimum Gasteiger partial charge on any atom is -0.490 e. The molecule has 3 nitrogen and oxygen atoms in total. The van der Waals surface area contributed by atoms with E-state index in [-0.39, 0.29) is 5.78 Å². The molecule has 0 saturated heterocycles. The van der Waals surface area contributed by atoms with Gasteiger partial charge in [-0.25, -0.2) is 0 Å². The van der Waals surface area contributed by atoms with E-state index in [1.165, 1.54) is 17.5 Å². The monoisotopic (exact) mass is 344 g/mol. The number of benzene rings is 2. The summed E-state index contributed by atoms with van der Waals surface area (Å²) in [5, 5.41) is 1.63. The Morgan fingerprint density at radius 3 is 2.21 bits per heavy atom. The van der Waals surface area contributed by atoms with Crippen LogP contribution in [0.3, 0.4) is 0 Å². The molecule has 4 heteroatoms. The number of hydrogen-bond acceptors (Lipinski definition) is 3. The number of alkyl halides is 1. The van der Waals surface area contributed by atoms with E-state index in [0.29, 0.717) is 19.0 Å². The Balaban J connectivity index is 2.04. The van der Waals surface area contributed by atoms with Crippen molar-refractivity contribution in [3.63, 3.8) is 0 Å². The van der Waals surface area contributed by atoms with Gasteiger partial charge in [0.25, 0.3) is 0 Å². The van der Waals surface area contributed by atoms with Gasteiger partial charge in [-0.1, -0.05) is 0 Å². The molecule has 0 aliphatic heterocycles. The van der Waals surface area contributed by atoms with Gasteiger partial charge in [-0.05, 0) is 79.1 Å². The normalized spacial score (nSPS) is 18.8. The zero-order chi connectivity index (χ0) is 16.8. The summed E-state index contributed by atoms with van der Waals surface area (Å²) in [6, 6.07) is 4.03. The predicted molar refractivity (Wildman–Crippen MR) is 95.9 cm³/mol. The van der Waals surface area contributed by atoms with Crippen molar-refractivity contribution >= 4 is 28.2 Å². The first-order valence-corrected chi connectivity index (χ1v) is 9.20. The van der Waals surface area contributed by atoms with Crippen LogP contribution in [-0.2, 0) is 12.8 Å². The predicted octanol–water partition coefficient (Wildman–Crippen LogP) is 4.99. The first-order valence-electron chi connectivity index (χ1n) is 8.76. The van der Waals surface area contributed by atoms with E-state index < -0.39 is 5.38 Å². The van der Waals surface area contributed by atoms with Gasteiger partial charge in [0.1, 0.15) is 5.38 Å². The van der Waals surface area contributed by atoms with Crippen LogP contribution in [0.5, 0.6) is 11.5 Å². The number of carbonyl (C=O) groups excluding carboxylic acids is 1. The van der Waals surface area contributed by atoms with Crippen LogP contribution < -0.4 is 9.47 Å². The Bertz CT molecular complexity index is 841. The molecule has 2 aliphatic carbocycles. The van der Waals surface area contributed by atoms with Crippen molar-refractivity contribution in [2.75, 3.05) is 13.2 Å². The summed E-state index contributed by atoms with van der Waals surface area (Å²) in [6.07, 6.45) is 4.40. The average Bonchev–Trinajstić information content (AvgIpc) is 2.61. The third-order valence-corrected chi connectivity index (χ3v) is 5.49. The molecule has 0 radical (unpaired) electrons. The van der Waals surface area contributed by atoms with Crippen LogP contribution in [0.25, 0.3) is 10.8 Å². The molecule has 0 aromatic heterocycles. The maximum absolute atomic E-state index is 12.4. The average molecular weight is 345 g/mol. The van der Waals surface area contributed by atoms with Gasteiger partial charge in [0.15, 0.2) is 17.3 Å². The van der Waals surface area contributed by atoms with Crippen molar-refractivity contribution in [3.05, 3.63) is 34.4 Å². The van der Waals surface area contributed by atoms with Crippen LogP contribution in [0.2, 0.25) is 0 Å². The van der Waals surface area contributed by atoms with Gasteiger partial charge in [0, 0.05) is 5.56 Å². The minimum atomic E-state index is -0.474. The quantitative estimate of drug-likeness (QED) is 0.733. The third kappa shape index (κ3) is 2.14. The van der Waals surface area contributed by atoms with Gasteiger partial charge in [0.05, 0.1) is 13.2 Å². The molecule has 0 spiro atoms. The molecule has 126 valence electrons. The minimum absolute atomic E-state index is 0.0386. The summed E-state index contributed by atoms with van der Waals surface area (Å²) < 4.78 is 11.5. The van der Waals surface area contributed by atoms with Gasteiger partial charge >= 0.3 is 0 Å². The van der Waals surface area contributed by atoms with Crippen LogP contribution >= 0.6 is 11.6 Å². The zero-order valence-corrected chi connectivity index (χ0v) is 14.8. The second kappa shape index (κ2) is 5.96. The topological polar surface area (TPSA) is 35.5 Å². The number of hydrogen-bond donors (Lipinski definition) is 0. The van der Waals surface area contributed by atoms with Crippen molar-refractivity contribution in [3.8, 4) is 11.5 Å². The number of rotatable bonds is 4. The van der Waals surface area contributed by atoms with Gasteiger partial charge in [-0.3, -0.25) is 4.79 Å². The van der Waals surface area contributed by atoms with E-state index in [0.717, 1.165) is 46.9 Å². The van der Waals surface area contributed by atoms with Gasteiger partial charge in [-0.15, -0.1) is 11.6 Å². The summed E-state index contributed by atoms with van der Waals surface area (Å²) in [5.41, 5.74) is 4.51. The number of halogens is 1. The van der Waals surface area contributed by atoms with Crippen molar-refractivity contribution in [1.29, 1.82) is 0 Å². The van der Waals surface area contributed by atoms with Crippen LogP contribution in [0, 0.1) is 0 Å². The zero-order valence-electron chi connectivity index (χ0n) is 14.1. The summed E-state index contributed by atoms with van der Waals surface area (Å²) in [5.74, 6) is 1.50. The lowest BCUT2D eigenvalue weighted by atomic mass is 9.73. The molecule has 4 rings (SSSR count). The lowest BCUT2D eigenvalue weighted by Crippen LogP contribution is -2.27. The molecule has 2 aromatic carbocycles. The van der Waals surface area contributed by atoms with Crippen molar-refractivity contribution in [2.45, 2.75) is 44.9 Å². The fourth-order valence-corrected chi connectivity index (χ4v) is 4.42. The highest BCUT2D eigenvalue weighted by Gasteiger charge is 2.40. The fraction of sp³-hybridized carbons (Fsp3) is 0.450. The van der Waals surface area contributed by atoms with E-state index >= 15 is 0 Å². The number of aryl methyl sites for hydroxylation is 1. The van der Waals surface area contributed by atoms with E-state index in [2.05, 4.69) is 6.07 Å². The van der Waals surface area contributed by atoms with Gasteiger partial charge in [-0.2, -0.15) is 0 Å². The molecule has 1 atom stereocenters. The lowest BCUT2D eigenvalue weighted by molar-refractivity contribution is 0.0962. The Morgan fingerprint density at radius 1 is 1.00 bits per heavy atom. The first kappa shape index (κ1) is 15.8. The maximum atomic E-state index is 12.4. The number of ether oxygens (including phenoxy) is 2. The summed E-state index contributed by atoms with van der Waals surface area (Å²) >= 11 is 6.34. The van der Waals surface area contributed by atoms with E-state index in [4.69, 9.17) is 21.1 Å². The molecule has 2 aliphatic rings. The number of fused-ring (bicyclic) bond motifs is 6. The molecule has 0 fully saturated rings. The van der Waals surface area contributed by atoms with Crippen LogP contribution in [0.1, 0.15) is 59.1 Å². The van der Waals surface area contributed by atoms with E-state index in [1.54, 1.807) is 0 Å². The van der Waals surface area contributed by atoms with E-state index in [9.17, 15) is 4.79 Å². The highest BCUT2D eigenvalue weighted by atomic mass is 35.5. The molecular formula is C20H21ClO3. The molecule has 1 unspecified atom stereocenters. The highest BCUT2D eigenvalue weighted by molar-refractivity contribution is 6.41. The molecule has 0 amide bonds. The molecule has 2 aromatic rings. The fourth-order valence-electron chi connectivity index (χ4n) is 4.07. The van der Waals surface area contributed by atoms with Crippen molar-refractivity contribution < 1.29 is 14.3 Å². The summed E-state index contributed by atoms with van der Waals surface area (Å²) in [6.45, 7) is 5.06. The largest absolute Gasteiger partial charge is 0.490 e. The molecule has 0 heterocycles. The number of Topliss-reactive ketones (excluding diaryl/α,β-unsaturated/α-hetero) is 1. The Kier molecular flexibility index (Phi) is 3.92. The lowest BCUT2D eigenvalue weighted by Gasteiger charge is -2.33. The van der Waals surface area contributed by atoms with Crippen molar-refractivity contribution in [2.24, 2.45) is 0 Å². The highest BCUT2D eigenvalue weighted by Crippen LogP contribution is 2.50. The Hall–Kier alpha value is -1.74. The third-order valence-electron chi connectivity index (χ3n) is 5.07. The second-order valence-corrected chi connectivity index (χ2v) is 6.83.